The molecule has 0 saturated carbocycles. The van der Waals surface area contributed by atoms with Gasteiger partial charge in [-0.15, -0.1) is 0 Å². The van der Waals surface area contributed by atoms with Crippen LogP contribution in [0, 0.1) is 12.3 Å². The zero-order chi connectivity index (χ0) is 21.6. The predicted octanol–water partition coefficient (Wildman–Crippen LogP) is 4.55. The van der Waals surface area contributed by atoms with Crippen LogP contribution in [0.3, 0.4) is 0 Å². The molecule has 0 atom stereocenters. The van der Waals surface area contributed by atoms with E-state index in [-0.39, 0.29) is 11.7 Å². The highest BCUT2D eigenvalue weighted by molar-refractivity contribution is 6.28. The van der Waals surface area contributed by atoms with Gasteiger partial charge in [0.25, 0.3) is 0 Å². The van der Waals surface area contributed by atoms with Crippen LogP contribution in [0.25, 0.3) is 0 Å². The van der Waals surface area contributed by atoms with Gasteiger partial charge in [-0.1, -0.05) is 6.58 Å². The van der Waals surface area contributed by atoms with E-state index in [4.69, 9.17) is 4.99 Å². The largest absolute Gasteiger partial charge is 0.372 e. The second-order valence-electron chi connectivity index (χ2n) is 8.98. The van der Waals surface area contributed by atoms with Crippen LogP contribution in [0.15, 0.2) is 58.3 Å². The van der Waals surface area contributed by atoms with Crippen LogP contribution in [0.5, 0.6) is 0 Å². The van der Waals surface area contributed by atoms with Gasteiger partial charge in [0.1, 0.15) is 0 Å². The van der Waals surface area contributed by atoms with Crippen molar-refractivity contribution < 1.29 is 9.59 Å². The van der Waals surface area contributed by atoms with Crippen molar-refractivity contribution in [2.75, 3.05) is 18.0 Å². The molecule has 1 amide bonds. The highest BCUT2D eigenvalue weighted by Crippen LogP contribution is 2.40. The minimum atomic E-state index is -0.830. The summed E-state index contributed by atoms with van der Waals surface area (Å²) >= 11 is 0. The summed E-state index contributed by atoms with van der Waals surface area (Å²) in [6.07, 6.45) is 5.53. The van der Waals surface area contributed by atoms with Gasteiger partial charge in [0.15, 0.2) is 5.78 Å². The molecule has 4 rings (SSSR count). The third-order valence-electron chi connectivity index (χ3n) is 6.45. The number of nitrogens with zero attached hydrogens (tertiary/aromatic N) is 2. The molecule has 30 heavy (non-hydrogen) atoms. The Labute approximate surface area is 178 Å². The van der Waals surface area contributed by atoms with Crippen LogP contribution in [0.2, 0.25) is 0 Å². The van der Waals surface area contributed by atoms with Crippen molar-refractivity contribution in [3.05, 3.63) is 58.8 Å². The molecule has 0 spiro atoms. The molecular weight excluding hydrogens is 374 g/mol. The summed E-state index contributed by atoms with van der Waals surface area (Å²) in [5, 5.41) is 2.92. The molecule has 1 aromatic rings. The molecule has 1 saturated heterocycles. The van der Waals surface area contributed by atoms with E-state index in [9.17, 15) is 9.59 Å². The fourth-order valence-corrected chi connectivity index (χ4v) is 4.25. The first-order valence-corrected chi connectivity index (χ1v) is 10.6. The van der Waals surface area contributed by atoms with Crippen molar-refractivity contribution in [2.45, 2.75) is 47.0 Å². The summed E-state index contributed by atoms with van der Waals surface area (Å²) in [7, 11) is 0. The summed E-state index contributed by atoms with van der Waals surface area (Å²) in [6.45, 7) is 13.7. The number of ketones is 1. The summed E-state index contributed by atoms with van der Waals surface area (Å²) in [4.78, 5) is 32.8. The maximum absolute atomic E-state index is 12.9. The van der Waals surface area contributed by atoms with Gasteiger partial charge in [-0.2, -0.15) is 0 Å². The number of benzene rings is 1. The number of aliphatic imine (C=N–C) groups is 1. The highest BCUT2D eigenvalue weighted by Gasteiger charge is 2.43. The van der Waals surface area contributed by atoms with Gasteiger partial charge in [0, 0.05) is 18.8 Å². The minimum Gasteiger partial charge on any atom is -0.372 e. The fourth-order valence-electron chi connectivity index (χ4n) is 4.25. The van der Waals surface area contributed by atoms with Gasteiger partial charge >= 0.3 is 0 Å². The molecule has 0 bridgehead atoms. The van der Waals surface area contributed by atoms with Crippen molar-refractivity contribution in [2.24, 2.45) is 10.4 Å². The van der Waals surface area contributed by atoms with Crippen molar-refractivity contribution in [1.29, 1.82) is 0 Å². The highest BCUT2D eigenvalue weighted by atomic mass is 16.2. The van der Waals surface area contributed by atoms with Crippen molar-refractivity contribution in [1.82, 2.24) is 5.32 Å². The monoisotopic (exact) mass is 403 g/mol. The third kappa shape index (κ3) is 3.32. The quantitative estimate of drug-likeness (QED) is 0.737. The number of aryl methyl sites for hydroxylation is 1. The van der Waals surface area contributed by atoms with Crippen LogP contribution in [0.1, 0.15) is 45.6 Å². The van der Waals surface area contributed by atoms with Crippen LogP contribution in [0.4, 0.5) is 11.4 Å². The minimum absolute atomic E-state index is 0.0980. The summed E-state index contributed by atoms with van der Waals surface area (Å²) in [6, 6.07) is 6.31. The van der Waals surface area contributed by atoms with Gasteiger partial charge in [-0.3, -0.25) is 9.59 Å². The average molecular weight is 404 g/mol. The number of hydrogen-bond donors (Lipinski definition) is 1. The number of hydrogen-bond acceptors (Lipinski definition) is 4. The van der Waals surface area contributed by atoms with Gasteiger partial charge in [0.2, 0.25) is 5.91 Å². The molecule has 0 radical (unpaired) electrons. The lowest BCUT2D eigenvalue weighted by molar-refractivity contribution is -0.127. The first kappa shape index (κ1) is 20.3. The maximum Gasteiger partial charge on any atom is 0.234 e. The zero-order valence-corrected chi connectivity index (χ0v) is 18.3. The Bertz CT molecular complexity index is 1050. The summed E-state index contributed by atoms with van der Waals surface area (Å²) < 4.78 is 0. The topological polar surface area (TPSA) is 61.8 Å². The molecule has 156 valence electrons. The van der Waals surface area contributed by atoms with E-state index in [1.807, 2.05) is 13.0 Å². The Morgan fingerprint density at radius 2 is 1.80 bits per heavy atom. The van der Waals surface area contributed by atoms with Crippen molar-refractivity contribution >= 4 is 28.8 Å². The van der Waals surface area contributed by atoms with Crippen molar-refractivity contribution in [3.63, 3.8) is 0 Å². The van der Waals surface area contributed by atoms with Crippen LogP contribution >= 0.6 is 0 Å². The van der Waals surface area contributed by atoms with E-state index in [1.54, 1.807) is 26.8 Å². The first-order chi connectivity index (χ1) is 14.2. The number of anilines is 1. The second kappa shape index (κ2) is 7.38. The van der Waals surface area contributed by atoms with E-state index in [1.165, 1.54) is 24.9 Å². The van der Waals surface area contributed by atoms with E-state index in [2.05, 4.69) is 28.9 Å². The van der Waals surface area contributed by atoms with Gasteiger partial charge in [-0.25, -0.2) is 4.99 Å². The maximum atomic E-state index is 12.9. The smallest absolute Gasteiger partial charge is 0.234 e. The van der Waals surface area contributed by atoms with Crippen LogP contribution < -0.4 is 10.2 Å². The number of allylic oxidation sites excluding steroid dienone is 3. The van der Waals surface area contributed by atoms with Gasteiger partial charge in [0.05, 0.1) is 28.1 Å². The SMILES string of the molecule is C=C1C2=C(NC(=O)C1(C)C)C(=Nc1ccc(N3CCCCC3)cc1C)C=C(C)C2=O. The van der Waals surface area contributed by atoms with Crippen LogP contribution in [-0.2, 0) is 9.59 Å². The Kier molecular flexibility index (Phi) is 5.00. The standard InChI is InChI=1S/C25H29N3O2/c1-15-13-18(28-11-7-6-8-12-28)9-10-19(15)26-20-14-16(2)23(29)21-17(3)25(4,5)24(30)27-22(20)21/h9-10,13-14H,3,6-8,11-12H2,1-2,4-5H3,(H,27,30). The summed E-state index contributed by atoms with van der Waals surface area (Å²) in [5.74, 6) is -0.268. The molecule has 1 fully saturated rings. The summed E-state index contributed by atoms with van der Waals surface area (Å²) in [5.41, 5.74) is 4.98. The normalized spacial score (nSPS) is 22.8. The number of carbonyl (C=O) groups excluding carboxylic acids is 2. The number of carbonyl (C=O) groups is 2. The molecule has 3 aliphatic rings. The molecule has 1 N–H and O–H groups in total. The molecule has 1 aromatic carbocycles. The number of nitrogens with one attached hydrogen (secondary N) is 1. The Hall–Kier alpha value is -2.95. The van der Waals surface area contributed by atoms with E-state index >= 15 is 0 Å². The predicted molar refractivity (Wildman–Crippen MR) is 121 cm³/mol. The molecular formula is C25H29N3O2. The Morgan fingerprint density at radius 3 is 2.47 bits per heavy atom. The lowest BCUT2D eigenvalue weighted by atomic mass is 9.73. The van der Waals surface area contributed by atoms with Gasteiger partial charge in [-0.05, 0) is 87.9 Å². The molecule has 0 aromatic heterocycles. The lowest BCUT2D eigenvalue weighted by Crippen LogP contribution is -2.47. The van der Waals surface area contributed by atoms with Crippen LogP contribution in [-0.4, -0.2) is 30.5 Å². The van der Waals surface area contributed by atoms with E-state index in [0.717, 1.165) is 24.3 Å². The zero-order valence-electron chi connectivity index (χ0n) is 18.3. The van der Waals surface area contributed by atoms with Gasteiger partial charge < -0.3 is 10.2 Å². The molecule has 2 heterocycles. The lowest BCUT2D eigenvalue weighted by Gasteiger charge is -2.36. The average Bonchev–Trinajstić information content (AvgIpc) is 2.72. The molecule has 1 aliphatic carbocycles. The number of Topliss-reactive ketones (excluding diaryl/α,β-unsaturated/α-hetero) is 1. The van der Waals surface area contributed by atoms with Crippen molar-refractivity contribution in [3.8, 4) is 0 Å². The number of amides is 1. The second-order valence-corrected chi connectivity index (χ2v) is 8.98. The Morgan fingerprint density at radius 1 is 1.10 bits per heavy atom. The molecule has 5 heteroatoms. The third-order valence-corrected chi connectivity index (χ3v) is 6.45. The van der Waals surface area contributed by atoms with E-state index < -0.39 is 5.41 Å². The fraction of sp³-hybridized carbons (Fsp3) is 0.400. The molecule has 5 nitrogen and oxygen atoms in total. The number of piperidine rings is 1. The molecule has 0 unspecified atom stereocenters. The van der Waals surface area contributed by atoms with E-state index in [0.29, 0.717) is 28.1 Å². The number of rotatable bonds is 2. The first-order valence-electron chi connectivity index (χ1n) is 10.6. The Balaban J connectivity index is 1.75. The molecule has 2 aliphatic heterocycles.